The Balaban J connectivity index is 2.49. The first-order valence-electron chi connectivity index (χ1n) is 5.65. The second-order valence-electron chi connectivity index (χ2n) is 3.95. The molecule has 1 aromatic carbocycles. The van der Waals surface area contributed by atoms with Gasteiger partial charge in [0.25, 0.3) is 0 Å². The van der Waals surface area contributed by atoms with Crippen molar-refractivity contribution in [2.24, 2.45) is 0 Å². The van der Waals surface area contributed by atoms with Crippen LogP contribution in [0.25, 0.3) is 0 Å². The van der Waals surface area contributed by atoms with Crippen LogP contribution in [0.3, 0.4) is 0 Å². The molecule has 0 amide bonds. The van der Waals surface area contributed by atoms with Crippen molar-refractivity contribution in [3.63, 3.8) is 0 Å². The molecule has 1 heterocycles. The number of pyridine rings is 1. The Bertz CT molecular complexity index is 688. The van der Waals surface area contributed by atoms with Crippen molar-refractivity contribution in [2.75, 3.05) is 0 Å². The van der Waals surface area contributed by atoms with Crippen LogP contribution in [0, 0.1) is 0 Å². The number of hydrogen-bond acceptors (Lipinski definition) is 4. The van der Waals surface area contributed by atoms with Crippen LogP contribution in [-0.2, 0) is 0 Å². The van der Waals surface area contributed by atoms with Gasteiger partial charge in [-0.2, -0.15) is 0 Å². The number of nitrogens with zero attached hydrogens (tertiary/aromatic N) is 1. The summed E-state index contributed by atoms with van der Waals surface area (Å²) in [7, 11) is 0. The highest BCUT2D eigenvalue weighted by atomic mass is 35.5. The number of halogens is 1. The quantitative estimate of drug-likeness (QED) is 0.870. The number of benzene rings is 1. The first-order chi connectivity index (χ1) is 9.49. The van der Waals surface area contributed by atoms with Gasteiger partial charge in [0.2, 0.25) is 0 Å². The summed E-state index contributed by atoms with van der Waals surface area (Å²) in [6.07, 6.45) is 1.43. The van der Waals surface area contributed by atoms with Crippen LogP contribution in [0.5, 0.6) is 0 Å². The van der Waals surface area contributed by atoms with E-state index in [0.29, 0.717) is 9.92 Å². The summed E-state index contributed by atoms with van der Waals surface area (Å²) in [5.41, 5.74) is -0.116. The first-order valence-corrected chi connectivity index (χ1v) is 6.85. The van der Waals surface area contributed by atoms with Gasteiger partial charge in [0, 0.05) is 27.9 Å². The summed E-state index contributed by atoms with van der Waals surface area (Å²) in [6, 6.07) is 8.62. The molecular formula is C14H10ClNO3S. The van der Waals surface area contributed by atoms with Gasteiger partial charge in [-0.1, -0.05) is 29.4 Å². The second-order valence-corrected chi connectivity index (χ2v) is 5.51. The summed E-state index contributed by atoms with van der Waals surface area (Å²) in [6.45, 7) is 1.29. The zero-order valence-corrected chi connectivity index (χ0v) is 12.0. The van der Waals surface area contributed by atoms with E-state index in [1.165, 1.54) is 24.9 Å². The first kappa shape index (κ1) is 14.6. The predicted molar refractivity (Wildman–Crippen MR) is 76.8 cm³/mol. The number of carboxylic acid groups (broad SMARTS) is 1. The Kier molecular flexibility index (Phi) is 4.42. The van der Waals surface area contributed by atoms with Crippen molar-refractivity contribution < 1.29 is 14.7 Å². The number of Topliss-reactive ketones (excluding diaryl/α,β-unsaturated/α-hetero) is 1. The number of aromatic nitrogens is 1. The van der Waals surface area contributed by atoms with E-state index >= 15 is 0 Å². The minimum atomic E-state index is -1.17. The topological polar surface area (TPSA) is 67.3 Å². The Morgan fingerprint density at radius 1 is 1.30 bits per heavy atom. The Hall–Kier alpha value is -1.85. The molecule has 0 radical (unpaired) electrons. The molecule has 4 nitrogen and oxygen atoms in total. The molecule has 1 aromatic heterocycles. The molecule has 0 bridgehead atoms. The fourth-order valence-electron chi connectivity index (χ4n) is 1.66. The molecule has 20 heavy (non-hydrogen) atoms. The van der Waals surface area contributed by atoms with Crippen molar-refractivity contribution in [1.29, 1.82) is 0 Å². The van der Waals surface area contributed by atoms with Gasteiger partial charge in [-0.3, -0.25) is 9.78 Å². The minimum Gasteiger partial charge on any atom is -0.478 e. The molecule has 2 aromatic rings. The molecular weight excluding hydrogens is 298 g/mol. The molecule has 102 valence electrons. The highest BCUT2D eigenvalue weighted by Gasteiger charge is 2.20. The Morgan fingerprint density at radius 2 is 2.05 bits per heavy atom. The highest BCUT2D eigenvalue weighted by molar-refractivity contribution is 7.99. The number of rotatable bonds is 4. The third kappa shape index (κ3) is 3.18. The minimum absolute atomic E-state index is 0.0375. The van der Waals surface area contributed by atoms with Gasteiger partial charge < -0.3 is 5.11 Å². The van der Waals surface area contributed by atoms with Gasteiger partial charge in [0.15, 0.2) is 5.78 Å². The van der Waals surface area contributed by atoms with E-state index in [4.69, 9.17) is 11.6 Å². The molecule has 0 aliphatic carbocycles. The molecule has 1 N–H and O–H groups in total. The number of carboxylic acids is 1. The summed E-state index contributed by atoms with van der Waals surface area (Å²) < 4.78 is 0. The third-order valence-corrected chi connectivity index (χ3v) is 3.77. The molecule has 0 spiro atoms. The van der Waals surface area contributed by atoms with E-state index in [2.05, 4.69) is 4.98 Å². The number of ketones is 1. The van der Waals surface area contributed by atoms with Gasteiger partial charge in [-0.25, -0.2) is 4.79 Å². The number of aromatic carboxylic acids is 1. The van der Waals surface area contributed by atoms with Crippen LogP contribution in [0.2, 0.25) is 5.02 Å². The Morgan fingerprint density at radius 3 is 2.65 bits per heavy atom. The summed E-state index contributed by atoms with van der Waals surface area (Å²) in [5, 5.41) is 9.86. The van der Waals surface area contributed by atoms with E-state index in [0.717, 1.165) is 4.90 Å². The lowest BCUT2D eigenvalue weighted by molar-refractivity contribution is 0.0687. The molecule has 2 rings (SSSR count). The summed E-state index contributed by atoms with van der Waals surface area (Å²) in [4.78, 5) is 27.9. The van der Waals surface area contributed by atoms with E-state index in [-0.39, 0.29) is 17.0 Å². The van der Waals surface area contributed by atoms with Gasteiger partial charge in [0.05, 0.1) is 0 Å². The van der Waals surface area contributed by atoms with E-state index in [9.17, 15) is 14.7 Å². The van der Waals surface area contributed by atoms with Crippen LogP contribution in [0.1, 0.15) is 27.8 Å². The maximum Gasteiger partial charge on any atom is 0.339 e. The van der Waals surface area contributed by atoms with Crippen molar-refractivity contribution in [3.05, 3.63) is 52.8 Å². The van der Waals surface area contributed by atoms with E-state index in [1.807, 2.05) is 6.07 Å². The van der Waals surface area contributed by atoms with Crippen LogP contribution in [0.15, 0.2) is 46.3 Å². The van der Waals surface area contributed by atoms with Crippen LogP contribution in [-0.4, -0.2) is 21.8 Å². The standard InChI is InChI=1S/C14H10ClNO3S/c1-8(17)13-12(14(18)19)11(5-6-16-13)20-10-4-2-3-9(15)7-10/h2-7H,1H3,(H,18,19). The van der Waals surface area contributed by atoms with Crippen LogP contribution in [0.4, 0.5) is 0 Å². The maximum absolute atomic E-state index is 11.5. The number of hydrogen-bond donors (Lipinski definition) is 1. The predicted octanol–water partition coefficient (Wildman–Crippen LogP) is 3.79. The molecule has 0 aliphatic rings. The smallest absolute Gasteiger partial charge is 0.339 e. The average Bonchev–Trinajstić information content (AvgIpc) is 2.38. The lowest BCUT2D eigenvalue weighted by Crippen LogP contribution is -2.10. The molecule has 0 fully saturated rings. The van der Waals surface area contributed by atoms with Crippen molar-refractivity contribution in [2.45, 2.75) is 16.7 Å². The molecule has 0 aliphatic heterocycles. The molecule has 0 atom stereocenters. The molecule has 0 saturated heterocycles. The highest BCUT2D eigenvalue weighted by Crippen LogP contribution is 2.32. The fraction of sp³-hybridized carbons (Fsp3) is 0.0714. The van der Waals surface area contributed by atoms with Gasteiger partial charge in [-0.15, -0.1) is 0 Å². The van der Waals surface area contributed by atoms with Crippen molar-refractivity contribution in [1.82, 2.24) is 4.98 Å². The lowest BCUT2D eigenvalue weighted by Gasteiger charge is -2.08. The van der Waals surface area contributed by atoms with E-state index < -0.39 is 5.97 Å². The Labute approximate surface area is 124 Å². The van der Waals surface area contributed by atoms with Crippen molar-refractivity contribution in [3.8, 4) is 0 Å². The lowest BCUT2D eigenvalue weighted by atomic mass is 10.1. The second kappa shape index (κ2) is 6.07. The molecule has 0 saturated carbocycles. The molecule has 0 unspecified atom stereocenters. The maximum atomic E-state index is 11.5. The number of carbonyl (C=O) groups is 2. The largest absolute Gasteiger partial charge is 0.478 e. The summed E-state index contributed by atoms with van der Waals surface area (Å²) in [5.74, 6) is -1.55. The summed E-state index contributed by atoms with van der Waals surface area (Å²) >= 11 is 7.13. The van der Waals surface area contributed by atoms with Gasteiger partial charge in [0.1, 0.15) is 11.3 Å². The molecule has 6 heteroatoms. The SMILES string of the molecule is CC(=O)c1nccc(Sc2cccc(Cl)c2)c1C(=O)O. The van der Waals surface area contributed by atoms with Gasteiger partial charge in [-0.05, 0) is 24.3 Å². The normalized spacial score (nSPS) is 10.3. The zero-order valence-electron chi connectivity index (χ0n) is 10.5. The average molecular weight is 308 g/mol. The fourth-order valence-corrected chi connectivity index (χ4v) is 2.92. The van der Waals surface area contributed by atoms with Gasteiger partial charge >= 0.3 is 5.97 Å². The van der Waals surface area contributed by atoms with E-state index in [1.54, 1.807) is 24.3 Å². The zero-order chi connectivity index (χ0) is 14.7. The number of carbonyl (C=O) groups excluding carboxylic acids is 1. The van der Waals surface area contributed by atoms with Crippen LogP contribution < -0.4 is 0 Å². The van der Waals surface area contributed by atoms with Crippen molar-refractivity contribution >= 4 is 35.1 Å². The van der Waals surface area contributed by atoms with Crippen LogP contribution >= 0.6 is 23.4 Å². The third-order valence-electron chi connectivity index (χ3n) is 2.48. The monoisotopic (exact) mass is 307 g/mol.